The van der Waals surface area contributed by atoms with Crippen LogP contribution in [0.5, 0.6) is 0 Å². The van der Waals surface area contributed by atoms with Crippen LogP contribution in [0.4, 0.5) is 36.3 Å². The van der Waals surface area contributed by atoms with Gasteiger partial charge in [0.1, 0.15) is 11.4 Å². The number of alkyl halides is 3. The van der Waals surface area contributed by atoms with Crippen LogP contribution in [0.3, 0.4) is 0 Å². The second-order valence-electron chi connectivity index (χ2n) is 8.49. The lowest BCUT2D eigenvalue weighted by Crippen LogP contribution is -2.47. The Morgan fingerprint density at radius 3 is 2.39 bits per heavy atom. The van der Waals surface area contributed by atoms with Gasteiger partial charge in [-0.15, -0.1) is 0 Å². The maximum Gasteiger partial charge on any atom is 0.390 e. The number of rotatable bonds is 7. The molecule has 36 heavy (non-hydrogen) atoms. The van der Waals surface area contributed by atoms with Crippen LogP contribution >= 0.6 is 0 Å². The summed E-state index contributed by atoms with van der Waals surface area (Å²) in [6, 6.07) is 7.51. The highest BCUT2D eigenvalue weighted by Gasteiger charge is 2.28. The van der Waals surface area contributed by atoms with Crippen molar-refractivity contribution in [1.82, 2.24) is 19.4 Å². The molecule has 13 heteroatoms. The van der Waals surface area contributed by atoms with E-state index in [1.807, 2.05) is 29.2 Å². The molecule has 0 radical (unpaired) electrons. The number of benzene rings is 1. The number of halogens is 3. The summed E-state index contributed by atoms with van der Waals surface area (Å²) in [7, 11) is 0. The molecule has 3 heterocycles. The van der Waals surface area contributed by atoms with Crippen molar-refractivity contribution in [2.45, 2.75) is 26.1 Å². The summed E-state index contributed by atoms with van der Waals surface area (Å²) in [6.45, 7) is 4.60. The van der Waals surface area contributed by atoms with E-state index in [9.17, 15) is 22.8 Å². The van der Waals surface area contributed by atoms with Crippen LogP contribution in [0.2, 0.25) is 0 Å². The number of nitrogens with two attached hydrogens (primary N) is 2. The molecule has 2 aromatic heterocycles. The highest BCUT2D eigenvalue weighted by molar-refractivity contribution is 6.00. The third-order valence-corrected chi connectivity index (χ3v) is 6.18. The lowest BCUT2D eigenvalue weighted by atomic mass is 10.1. The van der Waals surface area contributed by atoms with E-state index in [0.717, 1.165) is 5.69 Å². The van der Waals surface area contributed by atoms with Gasteiger partial charge in [0.15, 0.2) is 5.65 Å². The third-order valence-electron chi connectivity index (χ3n) is 6.18. The SMILES string of the molecule is CCn1c(N)c(C(N)=O)c(=O)c2cnc(Nc3ccc(N4CCN(CCC(F)(F)F)CC4)cc3)nc21. The number of hydrogen-bond donors (Lipinski definition) is 3. The Morgan fingerprint density at radius 1 is 1.14 bits per heavy atom. The number of anilines is 4. The lowest BCUT2D eigenvalue weighted by molar-refractivity contribution is -0.138. The Morgan fingerprint density at radius 2 is 1.81 bits per heavy atom. The Bertz CT molecular complexity index is 1320. The first kappa shape index (κ1) is 25.2. The van der Waals surface area contributed by atoms with E-state index in [2.05, 4.69) is 20.2 Å². The smallest absolute Gasteiger partial charge is 0.384 e. The second kappa shape index (κ2) is 10.0. The van der Waals surface area contributed by atoms with Gasteiger partial charge in [0, 0.05) is 56.8 Å². The van der Waals surface area contributed by atoms with Gasteiger partial charge >= 0.3 is 6.18 Å². The molecule has 3 aromatic rings. The highest BCUT2D eigenvalue weighted by Crippen LogP contribution is 2.24. The molecule has 1 aliphatic rings. The standard InChI is InChI=1S/C23H27F3N8O2/c1-2-34-19(27)17(20(28)36)18(35)16-13-29-22(31-21(16)34)30-14-3-5-15(6-4-14)33-11-9-32(10-12-33)8-7-23(24,25)26/h3-6,13H,2,7-12,27H2,1H3,(H2,28,36)(H,29,30,31). The van der Waals surface area contributed by atoms with Gasteiger partial charge in [-0.3, -0.25) is 14.5 Å². The number of nitrogens with one attached hydrogen (secondary N) is 1. The number of aromatic nitrogens is 3. The van der Waals surface area contributed by atoms with Gasteiger partial charge in [0.05, 0.1) is 11.8 Å². The minimum Gasteiger partial charge on any atom is -0.384 e. The van der Waals surface area contributed by atoms with Crippen LogP contribution in [0.25, 0.3) is 11.0 Å². The third kappa shape index (κ3) is 5.35. The average molecular weight is 505 g/mol. The minimum atomic E-state index is -4.14. The van der Waals surface area contributed by atoms with E-state index in [1.54, 1.807) is 6.92 Å². The van der Waals surface area contributed by atoms with Gasteiger partial charge in [0.2, 0.25) is 11.4 Å². The van der Waals surface area contributed by atoms with Crippen LogP contribution in [0.1, 0.15) is 23.7 Å². The van der Waals surface area contributed by atoms with Gasteiger partial charge in [-0.1, -0.05) is 0 Å². The number of nitrogens with zero attached hydrogens (tertiary/aromatic N) is 5. The fraction of sp³-hybridized carbons (Fsp3) is 0.391. The average Bonchev–Trinajstić information content (AvgIpc) is 2.83. The van der Waals surface area contributed by atoms with E-state index in [1.165, 1.54) is 10.8 Å². The molecule has 1 saturated heterocycles. The Labute approximate surface area is 204 Å². The van der Waals surface area contributed by atoms with Crippen molar-refractivity contribution in [2.75, 3.05) is 48.7 Å². The fourth-order valence-electron chi connectivity index (χ4n) is 4.26. The van der Waals surface area contributed by atoms with Crippen LogP contribution in [-0.2, 0) is 6.54 Å². The number of pyridine rings is 1. The van der Waals surface area contributed by atoms with Crippen LogP contribution in [0, 0.1) is 0 Å². The van der Waals surface area contributed by atoms with Crippen molar-refractivity contribution >= 4 is 40.1 Å². The predicted octanol–water partition coefficient (Wildman–Crippen LogP) is 2.31. The zero-order chi connectivity index (χ0) is 26.0. The van der Waals surface area contributed by atoms with Gasteiger partial charge in [-0.25, -0.2) is 4.98 Å². The van der Waals surface area contributed by atoms with Crippen molar-refractivity contribution in [3.8, 4) is 0 Å². The maximum atomic E-state index is 12.7. The molecule has 4 rings (SSSR count). The molecule has 0 aliphatic carbocycles. The van der Waals surface area contributed by atoms with Crippen molar-refractivity contribution in [3.63, 3.8) is 0 Å². The van der Waals surface area contributed by atoms with Gasteiger partial charge < -0.3 is 26.3 Å². The first-order chi connectivity index (χ1) is 17.1. The van der Waals surface area contributed by atoms with Gasteiger partial charge in [-0.2, -0.15) is 18.2 Å². The van der Waals surface area contributed by atoms with E-state index in [4.69, 9.17) is 11.5 Å². The fourth-order valence-corrected chi connectivity index (χ4v) is 4.26. The molecule has 0 atom stereocenters. The summed E-state index contributed by atoms with van der Waals surface area (Å²) < 4.78 is 38.9. The molecule has 0 unspecified atom stereocenters. The van der Waals surface area contributed by atoms with E-state index in [-0.39, 0.29) is 34.9 Å². The van der Waals surface area contributed by atoms with Crippen molar-refractivity contribution in [2.24, 2.45) is 5.73 Å². The monoisotopic (exact) mass is 504 g/mol. The number of carbonyl (C=O) groups excluding carboxylic acids is 1. The molecular formula is C23H27F3N8O2. The number of hydrogen-bond acceptors (Lipinski definition) is 8. The molecule has 1 amide bonds. The van der Waals surface area contributed by atoms with Crippen LogP contribution in [0.15, 0.2) is 35.3 Å². The number of carbonyl (C=O) groups is 1. The quantitative estimate of drug-likeness (QED) is 0.446. The molecule has 0 bridgehead atoms. The van der Waals surface area contributed by atoms with E-state index < -0.39 is 23.9 Å². The molecule has 1 aromatic carbocycles. The maximum absolute atomic E-state index is 12.7. The molecule has 192 valence electrons. The molecule has 0 saturated carbocycles. The summed E-state index contributed by atoms with van der Waals surface area (Å²) in [5.41, 5.74) is 12.4. The minimum absolute atomic E-state index is 0.0211. The summed E-state index contributed by atoms with van der Waals surface area (Å²) in [6.07, 6.45) is -3.60. The molecule has 10 nitrogen and oxygen atoms in total. The molecule has 5 N–H and O–H groups in total. The lowest BCUT2D eigenvalue weighted by Gasteiger charge is -2.36. The number of fused-ring (bicyclic) bond motifs is 1. The van der Waals surface area contributed by atoms with Crippen molar-refractivity contribution in [3.05, 3.63) is 46.2 Å². The van der Waals surface area contributed by atoms with Gasteiger partial charge in [0.25, 0.3) is 5.91 Å². The number of aryl methyl sites for hydroxylation is 1. The second-order valence-corrected chi connectivity index (χ2v) is 8.49. The van der Waals surface area contributed by atoms with E-state index in [0.29, 0.717) is 38.4 Å². The Balaban J connectivity index is 1.46. The Hall–Kier alpha value is -3.87. The first-order valence-corrected chi connectivity index (χ1v) is 11.5. The largest absolute Gasteiger partial charge is 0.390 e. The zero-order valence-corrected chi connectivity index (χ0v) is 19.7. The summed E-state index contributed by atoms with van der Waals surface area (Å²) >= 11 is 0. The molecule has 0 spiro atoms. The van der Waals surface area contributed by atoms with Crippen LogP contribution < -0.4 is 27.1 Å². The normalized spacial score (nSPS) is 14.8. The number of piperazine rings is 1. The van der Waals surface area contributed by atoms with Gasteiger partial charge in [-0.05, 0) is 31.2 Å². The first-order valence-electron chi connectivity index (χ1n) is 11.5. The molecule has 1 fully saturated rings. The number of primary amides is 1. The highest BCUT2D eigenvalue weighted by atomic mass is 19.4. The molecule has 1 aliphatic heterocycles. The number of amides is 1. The predicted molar refractivity (Wildman–Crippen MR) is 131 cm³/mol. The number of nitrogen functional groups attached to an aromatic ring is 1. The Kier molecular flexibility index (Phi) is 7.02. The van der Waals surface area contributed by atoms with Crippen LogP contribution in [-0.4, -0.2) is 64.2 Å². The topological polar surface area (TPSA) is 135 Å². The van der Waals surface area contributed by atoms with E-state index >= 15 is 0 Å². The summed E-state index contributed by atoms with van der Waals surface area (Å²) in [4.78, 5) is 37.0. The summed E-state index contributed by atoms with van der Waals surface area (Å²) in [5, 5.41) is 3.22. The zero-order valence-electron chi connectivity index (χ0n) is 19.7. The van der Waals surface area contributed by atoms with Crippen molar-refractivity contribution < 1.29 is 18.0 Å². The van der Waals surface area contributed by atoms with Crippen molar-refractivity contribution in [1.29, 1.82) is 0 Å². The summed E-state index contributed by atoms with van der Waals surface area (Å²) in [5.74, 6) is -0.719. The molecular weight excluding hydrogens is 477 g/mol.